The third kappa shape index (κ3) is 2.86. The lowest BCUT2D eigenvalue weighted by Gasteiger charge is -2.04. The van der Waals surface area contributed by atoms with Gasteiger partial charge in [0.25, 0.3) is 0 Å². The fraction of sp³-hybridized carbons (Fsp3) is 0.0588. The number of hydrogen-bond acceptors (Lipinski definition) is 2. The van der Waals surface area contributed by atoms with Crippen molar-refractivity contribution in [3.8, 4) is 11.3 Å². The molecule has 0 aliphatic rings. The molecule has 0 spiro atoms. The lowest BCUT2D eigenvalue weighted by molar-refractivity contribution is 1.08. The number of nitrogens with zero attached hydrogens (tertiary/aromatic N) is 2. The van der Waals surface area contributed by atoms with E-state index >= 15 is 0 Å². The van der Waals surface area contributed by atoms with Gasteiger partial charge in [0.2, 0.25) is 0 Å². The molecule has 0 saturated carbocycles. The maximum atomic E-state index is 4.71. The van der Waals surface area contributed by atoms with Crippen molar-refractivity contribution in [2.75, 3.05) is 0 Å². The van der Waals surface area contributed by atoms with Gasteiger partial charge in [-0.05, 0) is 29.8 Å². The molecule has 1 aromatic carbocycles. The van der Waals surface area contributed by atoms with Crippen LogP contribution in [0.4, 0.5) is 0 Å². The van der Waals surface area contributed by atoms with Gasteiger partial charge in [0, 0.05) is 30.1 Å². The maximum absolute atomic E-state index is 4.71. The summed E-state index contributed by atoms with van der Waals surface area (Å²) in [4.78, 5) is 8.74. The van der Waals surface area contributed by atoms with Crippen LogP contribution in [0.1, 0.15) is 11.3 Å². The predicted octanol–water partition coefficient (Wildman–Crippen LogP) is 3.73. The van der Waals surface area contributed by atoms with Crippen molar-refractivity contribution in [3.63, 3.8) is 0 Å². The molecule has 0 aliphatic carbocycles. The van der Waals surface area contributed by atoms with Crippen LogP contribution >= 0.6 is 0 Å². The van der Waals surface area contributed by atoms with Gasteiger partial charge in [-0.15, -0.1) is 0 Å². The highest BCUT2D eigenvalue weighted by molar-refractivity contribution is 5.58. The third-order valence-corrected chi connectivity index (χ3v) is 3.01. The van der Waals surface area contributed by atoms with Gasteiger partial charge in [0.05, 0.1) is 5.69 Å². The van der Waals surface area contributed by atoms with Crippen molar-refractivity contribution in [2.24, 2.45) is 0 Å². The lowest BCUT2D eigenvalue weighted by Crippen LogP contribution is -1.93. The Bertz CT molecular complexity index is 648. The molecule has 0 amide bonds. The van der Waals surface area contributed by atoms with Gasteiger partial charge in [0.1, 0.15) is 0 Å². The quantitative estimate of drug-likeness (QED) is 0.703. The van der Waals surface area contributed by atoms with Crippen molar-refractivity contribution in [2.45, 2.75) is 6.42 Å². The van der Waals surface area contributed by atoms with Gasteiger partial charge in [-0.25, -0.2) is 0 Å². The van der Waals surface area contributed by atoms with Crippen LogP contribution in [0.3, 0.4) is 0 Å². The molecule has 2 aromatic heterocycles. The van der Waals surface area contributed by atoms with Crippen LogP contribution in [-0.4, -0.2) is 9.97 Å². The zero-order valence-corrected chi connectivity index (χ0v) is 10.5. The first kappa shape index (κ1) is 11.6. The van der Waals surface area contributed by atoms with Gasteiger partial charge < -0.3 is 0 Å². The Hall–Kier alpha value is -2.48. The second kappa shape index (κ2) is 5.44. The van der Waals surface area contributed by atoms with Crippen LogP contribution < -0.4 is 0 Å². The predicted molar refractivity (Wildman–Crippen MR) is 76.7 cm³/mol. The average Bonchev–Trinajstić information content (AvgIpc) is 2.49. The maximum Gasteiger partial charge on any atom is 0.0706 e. The summed E-state index contributed by atoms with van der Waals surface area (Å²) in [5.74, 6) is 0. The second-order valence-electron chi connectivity index (χ2n) is 4.41. The van der Waals surface area contributed by atoms with E-state index in [0.717, 1.165) is 23.4 Å². The Labute approximate surface area is 112 Å². The van der Waals surface area contributed by atoms with Gasteiger partial charge in [-0.3, -0.25) is 9.97 Å². The summed E-state index contributed by atoms with van der Waals surface area (Å²) in [6.07, 6.45) is 4.45. The first-order valence-corrected chi connectivity index (χ1v) is 6.32. The van der Waals surface area contributed by atoms with Crippen molar-refractivity contribution in [1.82, 2.24) is 9.97 Å². The van der Waals surface area contributed by atoms with Crippen LogP contribution in [0, 0.1) is 0 Å². The van der Waals surface area contributed by atoms with Crippen LogP contribution in [0.2, 0.25) is 0 Å². The van der Waals surface area contributed by atoms with E-state index in [2.05, 4.69) is 41.4 Å². The Balaban J connectivity index is 1.89. The first-order valence-electron chi connectivity index (χ1n) is 6.32. The van der Waals surface area contributed by atoms with E-state index in [-0.39, 0.29) is 0 Å². The minimum atomic E-state index is 0.861. The Morgan fingerprint density at radius 1 is 0.737 bits per heavy atom. The highest BCUT2D eigenvalue weighted by Gasteiger charge is 2.01. The van der Waals surface area contributed by atoms with E-state index in [1.807, 2.05) is 24.3 Å². The van der Waals surface area contributed by atoms with Crippen LogP contribution in [-0.2, 0) is 6.42 Å². The SMILES string of the molecule is c1ccc(Cc2cccc(-c3ccncc3)n2)cc1. The van der Waals surface area contributed by atoms with Gasteiger partial charge in [-0.1, -0.05) is 36.4 Å². The fourth-order valence-electron chi connectivity index (χ4n) is 2.07. The normalized spacial score (nSPS) is 10.3. The second-order valence-corrected chi connectivity index (χ2v) is 4.41. The van der Waals surface area contributed by atoms with E-state index < -0.39 is 0 Å². The van der Waals surface area contributed by atoms with Crippen molar-refractivity contribution >= 4 is 0 Å². The number of aromatic nitrogens is 2. The molecule has 0 saturated heterocycles. The number of benzene rings is 1. The zero-order valence-electron chi connectivity index (χ0n) is 10.5. The fourth-order valence-corrected chi connectivity index (χ4v) is 2.07. The number of hydrogen-bond donors (Lipinski definition) is 0. The average molecular weight is 246 g/mol. The number of pyridine rings is 2. The highest BCUT2D eigenvalue weighted by Crippen LogP contribution is 2.17. The van der Waals surface area contributed by atoms with E-state index in [9.17, 15) is 0 Å². The van der Waals surface area contributed by atoms with Crippen molar-refractivity contribution in [1.29, 1.82) is 0 Å². The Morgan fingerprint density at radius 2 is 1.53 bits per heavy atom. The molecule has 0 unspecified atom stereocenters. The van der Waals surface area contributed by atoms with Crippen molar-refractivity contribution in [3.05, 3.63) is 84.3 Å². The van der Waals surface area contributed by atoms with E-state index in [1.54, 1.807) is 12.4 Å². The van der Waals surface area contributed by atoms with E-state index in [1.165, 1.54) is 5.56 Å². The summed E-state index contributed by atoms with van der Waals surface area (Å²) in [7, 11) is 0. The minimum Gasteiger partial charge on any atom is -0.265 e. The Kier molecular flexibility index (Phi) is 3.32. The molecule has 2 heteroatoms. The molecule has 19 heavy (non-hydrogen) atoms. The molecule has 0 N–H and O–H groups in total. The summed E-state index contributed by atoms with van der Waals surface area (Å²) >= 11 is 0. The lowest BCUT2D eigenvalue weighted by atomic mass is 10.1. The summed E-state index contributed by atoms with van der Waals surface area (Å²) in [5.41, 5.74) is 4.46. The Morgan fingerprint density at radius 3 is 2.32 bits per heavy atom. The van der Waals surface area contributed by atoms with Gasteiger partial charge in [0.15, 0.2) is 0 Å². The van der Waals surface area contributed by atoms with Crippen molar-refractivity contribution < 1.29 is 0 Å². The summed E-state index contributed by atoms with van der Waals surface area (Å²) < 4.78 is 0. The van der Waals surface area contributed by atoms with Crippen LogP contribution in [0.5, 0.6) is 0 Å². The molecule has 0 bridgehead atoms. The first-order chi connectivity index (χ1) is 9.42. The molecule has 3 rings (SSSR count). The van der Waals surface area contributed by atoms with Crippen LogP contribution in [0.25, 0.3) is 11.3 Å². The molecule has 0 atom stereocenters. The molecule has 92 valence electrons. The highest BCUT2D eigenvalue weighted by atomic mass is 14.7. The molecule has 0 fully saturated rings. The minimum absolute atomic E-state index is 0.861. The molecule has 0 aliphatic heterocycles. The topological polar surface area (TPSA) is 25.8 Å². The monoisotopic (exact) mass is 246 g/mol. The molecular formula is C17H14N2. The molecule has 0 radical (unpaired) electrons. The zero-order chi connectivity index (χ0) is 12.9. The molecule has 2 heterocycles. The summed E-state index contributed by atoms with van der Waals surface area (Å²) in [6, 6.07) is 20.5. The van der Waals surface area contributed by atoms with E-state index in [4.69, 9.17) is 4.98 Å². The van der Waals surface area contributed by atoms with E-state index in [0.29, 0.717) is 0 Å². The standard InChI is InChI=1S/C17H14N2/c1-2-5-14(6-3-1)13-16-7-4-8-17(19-16)15-9-11-18-12-10-15/h1-12H,13H2. The number of rotatable bonds is 3. The smallest absolute Gasteiger partial charge is 0.0706 e. The molecule has 3 aromatic rings. The van der Waals surface area contributed by atoms with Gasteiger partial charge in [-0.2, -0.15) is 0 Å². The molecule has 2 nitrogen and oxygen atoms in total. The third-order valence-electron chi connectivity index (χ3n) is 3.01. The summed E-state index contributed by atoms with van der Waals surface area (Å²) in [6.45, 7) is 0. The molecular weight excluding hydrogens is 232 g/mol. The van der Waals surface area contributed by atoms with Gasteiger partial charge >= 0.3 is 0 Å². The van der Waals surface area contributed by atoms with Crippen LogP contribution in [0.15, 0.2) is 73.1 Å². The largest absolute Gasteiger partial charge is 0.265 e. The summed E-state index contributed by atoms with van der Waals surface area (Å²) in [5, 5.41) is 0.